The highest BCUT2D eigenvalue weighted by Crippen LogP contribution is 2.41. The van der Waals surface area contributed by atoms with Crippen molar-refractivity contribution in [2.75, 3.05) is 18.0 Å². The quantitative estimate of drug-likeness (QED) is 0.788. The van der Waals surface area contributed by atoms with Gasteiger partial charge in [-0.2, -0.15) is 0 Å². The SMILES string of the molecule is Cc1nnc(N2CCC3(CC2)CC(=O)c2cc(Cl)ccc2O3)s1. The second-order valence-corrected chi connectivity index (χ2v) is 7.71. The van der Waals surface area contributed by atoms with Crippen LogP contribution in [0.5, 0.6) is 5.75 Å². The fourth-order valence-corrected chi connectivity index (χ4v) is 4.18. The third-order valence-corrected chi connectivity index (χ3v) is 5.65. The smallest absolute Gasteiger partial charge is 0.208 e. The van der Waals surface area contributed by atoms with E-state index < -0.39 is 5.60 Å². The summed E-state index contributed by atoms with van der Waals surface area (Å²) in [6.07, 6.45) is 2.03. The molecule has 0 radical (unpaired) electrons. The van der Waals surface area contributed by atoms with Crippen molar-refractivity contribution in [2.45, 2.75) is 31.8 Å². The van der Waals surface area contributed by atoms with Gasteiger partial charge >= 0.3 is 0 Å². The Labute approximate surface area is 143 Å². The number of ether oxygens (including phenoxy) is 1. The second kappa shape index (κ2) is 5.46. The Morgan fingerprint density at radius 3 is 2.78 bits per heavy atom. The number of anilines is 1. The molecule has 2 aliphatic heterocycles. The molecule has 23 heavy (non-hydrogen) atoms. The highest BCUT2D eigenvalue weighted by molar-refractivity contribution is 7.15. The van der Waals surface area contributed by atoms with E-state index >= 15 is 0 Å². The molecule has 0 N–H and O–H groups in total. The lowest BCUT2D eigenvalue weighted by Crippen LogP contribution is -2.51. The normalized spacial score (nSPS) is 19.6. The van der Waals surface area contributed by atoms with E-state index in [1.54, 1.807) is 29.5 Å². The van der Waals surface area contributed by atoms with Crippen LogP contribution >= 0.6 is 22.9 Å². The lowest BCUT2D eigenvalue weighted by Gasteiger charge is -2.43. The molecule has 120 valence electrons. The summed E-state index contributed by atoms with van der Waals surface area (Å²) in [6, 6.07) is 5.27. The predicted octanol–water partition coefficient (Wildman–Crippen LogP) is 3.50. The number of hydrogen-bond acceptors (Lipinski definition) is 6. The number of halogens is 1. The fraction of sp³-hybridized carbons (Fsp3) is 0.438. The molecular formula is C16H16ClN3O2S. The molecule has 5 nitrogen and oxygen atoms in total. The number of Topliss-reactive ketones (excluding diaryl/α,β-unsaturated/α-hetero) is 1. The van der Waals surface area contributed by atoms with Crippen molar-refractivity contribution in [2.24, 2.45) is 0 Å². The van der Waals surface area contributed by atoms with Gasteiger partial charge in [-0.15, -0.1) is 10.2 Å². The van der Waals surface area contributed by atoms with Gasteiger partial charge in [-0.1, -0.05) is 22.9 Å². The largest absolute Gasteiger partial charge is 0.486 e. The van der Waals surface area contributed by atoms with Crippen LogP contribution in [-0.4, -0.2) is 34.7 Å². The van der Waals surface area contributed by atoms with Crippen LogP contribution in [0.15, 0.2) is 18.2 Å². The average molecular weight is 350 g/mol. The van der Waals surface area contributed by atoms with E-state index in [4.69, 9.17) is 16.3 Å². The van der Waals surface area contributed by atoms with Gasteiger partial charge in [-0.3, -0.25) is 4.79 Å². The minimum atomic E-state index is -0.395. The van der Waals surface area contributed by atoms with E-state index in [2.05, 4.69) is 15.1 Å². The fourth-order valence-electron chi connectivity index (χ4n) is 3.26. The molecule has 0 unspecified atom stereocenters. The number of aromatic nitrogens is 2. The van der Waals surface area contributed by atoms with Crippen molar-refractivity contribution in [3.05, 3.63) is 33.8 Å². The van der Waals surface area contributed by atoms with Gasteiger partial charge in [-0.05, 0) is 25.1 Å². The summed E-state index contributed by atoms with van der Waals surface area (Å²) in [6.45, 7) is 3.60. The molecule has 3 heterocycles. The van der Waals surface area contributed by atoms with Crippen LogP contribution in [0.4, 0.5) is 5.13 Å². The summed E-state index contributed by atoms with van der Waals surface area (Å²) in [7, 11) is 0. The molecule has 1 fully saturated rings. The maximum atomic E-state index is 12.5. The summed E-state index contributed by atoms with van der Waals surface area (Å²) < 4.78 is 6.24. The molecule has 4 rings (SSSR count). The second-order valence-electron chi connectivity index (χ2n) is 6.12. The van der Waals surface area contributed by atoms with Crippen LogP contribution in [0, 0.1) is 6.92 Å². The van der Waals surface area contributed by atoms with Crippen LogP contribution in [-0.2, 0) is 0 Å². The van der Waals surface area contributed by atoms with Gasteiger partial charge in [0, 0.05) is 31.0 Å². The van der Waals surface area contributed by atoms with Gasteiger partial charge in [0.25, 0.3) is 0 Å². The van der Waals surface area contributed by atoms with E-state index in [-0.39, 0.29) is 5.78 Å². The Balaban J connectivity index is 1.53. The summed E-state index contributed by atoms with van der Waals surface area (Å²) in [4.78, 5) is 14.7. The highest BCUT2D eigenvalue weighted by Gasteiger charge is 2.43. The third-order valence-electron chi connectivity index (χ3n) is 4.51. The molecule has 7 heteroatoms. The standard InChI is InChI=1S/C16H16ClN3O2S/c1-10-18-19-15(23-10)20-6-4-16(5-7-20)9-13(21)12-8-11(17)2-3-14(12)22-16/h2-3,8H,4-7,9H2,1H3. The Morgan fingerprint density at radius 1 is 1.30 bits per heavy atom. The number of rotatable bonds is 1. The average Bonchev–Trinajstić information content (AvgIpc) is 2.96. The zero-order valence-electron chi connectivity index (χ0n) is 12.7. The first-order valence-electron chi connectivity index (χ1n) is 7.62. The first-order chi connectivity index (χ1) is 11.0. The molecule has 0 aliphatic carbocycles. The Kier molecular flexibility index (Phi) is 3.54. The lowest BCUT2D eigenvalue weighted by atomic mass is 9.82. The zero-order valence-corrected chi connectivity index (χ0v) is 14.3. The molecule has 0 atom stereocenters. The minimum Gasteiger partial charge on any atom is -0.486 e. The van der Waals surface area contributed by atoms with E-state index in [0.29, 0.717) is 22.8 Å². The number of nitrogens with zero attached hydrogens (tertiary/aromatic N) is 3. The number of piperidine rings is 1. The monoisotopic (exact) mass is 349 g/mol. The molecule has 1 aromatic heterocycles. The number of ketones is 1. The van der Waals surface area contributed by atoms with E-state index in [9.17, 15) is 4.79 Å². The van der Waals surface area contributed by atoms with Crippen LogP contribution in [0.2, 0.25) is 5.02 Å². The Hall–Kier alpha value is -1.66. The van der Waals surface area contributed by atoms with E-state index in [1.807, 2.05) is 6.92 Å². The first kappa shape index (κ1) is 14.9. The Morgan fingerprint density at radius 2 is 2.09 bits per heavy atom. The van der Waals surface area contributed by atoms with E-state index in [0.717, 1.165) is 36.1 Å². The maximum absolute atomic E-state index is 12.5. The van der Waals surface area contributed by atoms with Gasteiger partial charge in [-0.25, -0.2) is 0 Å². The van der Waals surface area contributed by atoms with Crippen molar-refractivity contribution in [1.82, 2.24) is 10.2 Å². The number of fused-ring (bicyclic) bond motifs is 1. The summed E-state index contributed by atoms with van der Waals surface area (Å²) >= 11 is 7.58. The van der Waals surface area contributed by atoms with Gasteiger partial charge in [0.15, 0.2) is 5.78 Å². The van der Waals surface area contributed by atoms with Crippen molar-refractivity contribution in [3.63, 3.8) is 0 Å². The number of benzene rings is 1. The van der Waals surface area contributed by atoms with Crippen LogP contribution < -0.4 is 9.64 Å². The van der Waals surface area contributed by atoms with Crippen LogP contribution in [0.25, 0.3) is 0 Å². The van der Waals surface area contributed by atoms with Gasteiger partial charge < -0.3 is 9.64 Å². The molecule has 0 saturated carbocycles. The minimum absolute atomic E-state index is 0.119. The van der Waals surface area contributed by atoms with Gasteiger partial charge in [0.1, 0.15) is 16.4 Å². The summed E-state index contributed by atoms with van der Waals surface area (Å²) in [5, 5.41) is 10.8. The van der Waals surface area contributed by atoms with Crippen molar-refractivity contribution in [1.29, 1.82) is 0 Å². The van der Waals surface area contributed by atoms with Crippen molar-refractivity contribution < 1.29 is 9.53 Å². The lowest BCUT2D eigenvalue weighted by molar-refractivity contribution is 0.0232. The Bertz CT molecular complexity index is 768. The van der Waals surface area contributed by atoms with Crippen LogP contribution in [0.3, 0.4) is 0 Å². The summed E-state index contributed by atoms with van der Waals surface area (Å²) in [5.74, 6) is 0.778. The number of hydrogen-bond donors (Lipinski definition) is 0. The predicted molar refractivity (Wildman–Crippen MR) is 89.9 cm³/mol. The molecule has 1 aromatic carbocycles. The van der Waals surface area contributed by atoms with E-state index in [1.165, 1.54) is 0 Å². The number of carbonyl (C=O) groups is 1. The van der Waals surface area contributed by atoms with Crippen LogP contribution in [0.1, 0.15) is 34.6 Å². The molecule has 1 spiro atoms. The molecule has 0 amide bonds. The molecule has 2 aliphatic rings. The molecular weight excluding hydrogens is 334 g/mol. The van der Waals surface area contributed by atoms with Gasteiger partial charge in [0.2, 0.25) is 5.13 Å². The zero-order chi connectivity index (χ0) is 16.0. The first-order valence-corrected chi connectivity index (χ1v) is 8.81. The molecule has 2 aromatic rings. The van der Waals surface area contributed by atoms with Gasteiger partial charge in [0.05, 0.1) is 12.0 Å². The van der Waals surface area contributed by atoms with Crippen molar-refractivity contribution in [3.8, 4) is 5.75 Å². The third kappa shape index (κ3) is 2.70. The maximum Gasteiger partial charge on any atom is 0.208 e. The summed E-state index contributed by atoms with van der Waals surface area (Å²) in [5.41, 5.74) is 0.207. The number of aryl methyl sites for hydroxylation is 1. The number of carbonyl (C=O) groups excluding carboxylic acids is 1. The highest BCUT2D eigenvalue weighted by atomic mass is 35.5. The topological polar surface area (TPSA) is 55.3 Å². The molecule has 0 bridgehead atoms. The van der Waals surface area contributed by atoms with Crippen molar-refractivity contribution >= 4 is 33.9 Å². The molecule has 1 saturated heterocycles.